The highest BCUT2D eigenvalue weighted by atomic mass is 16.5. The second-order valence-electron chi connectivity index (χ2n) is 5.62. The SMILES string of the molecule is CC(CN1CCOCC1)n1ccc2c1CCCC2=O. The highest BCUT2D eigenvalue weighted by molar-refractivity contribution is 5.98. The molecule has 3 rings (SSSR count). The summed E-state index contributed by atoms with van der Waals surface area (Å²) in [6.07, 6.45) is 4.86. The summed E-state index contributed by atoms with van der Waals surface area (Å²) in [5.41, 5.74) is 2.21. The first-order valence-corrected chi connectivity index (χ1v) is 7.28. The van der Waals surface area contributed by atoms with Gasteiger partial charge in [-0.2, -0.15) is 0 Å². The molecule has 0 aromatic carbocycles. The third-order valence-corrected chi connectivity index (χ3v) is 4.24. The number of rotatable bonds is 3. The summed E-state index contributed by atoms with van der Waals surface area (Å²) in [7, 11) is 0. The van der Waals surface area contributed by atoms with Crippen LogP contribution in [0.3, 0.4) is 0 Å². The van der Waals surface area contributed by atoms with Crippen molar-refractivity contribution in [3.63, 3.8) is 0 Å². The van der Waals surface area contributed by atoms with Gasteiger partial charge in [0.2, 0.25) is 0 Å². The monoisotopic (exact) mass is 262 g/mol. The molecular weight excluding hydrogens is 240 g/mol. The zero-order chi connectivity index (χ0) is 13.2. The predicted octanol–water partition coefficient (Wildman–Crippen LogP) is 1.90. The molecule has 4 heteroatoms. The van der Waals surface area contributed by atoms with Crippen LogP contribution in [0.25, 0.3) is 0 Å². The van der Waals surface area contributed by atoms with Gasteiger partial charge in [-0.3, -0.25) is 9.69 Å². The van der Waals surface area contributed by atoms with Crippen LogP contribution >= 0.6 is 0 Å². The number of hydrogen-bond acceptors (Lipinski definition) is 3. The van der Waals surface area contributed by atoms with Crippen LogP contribution in [0, 0.1) is 0 Å². The van der Waals surface area contributed by atoms with Crippen molar-refractivity contribution in [2.75, 3.05) is 32.8 Å². The van der Waals surface area contributed by atoms with Gasteiger partial charge < -0.3 is 9.30 Å². The molecule has 2 aliphatic rings. The molecule has 1 aromatic heterocycles. The van der Waals surface area contributed by atoms with Crippen LogP contribution < -0.4 is 0 Å². The number of ether oxygens (including phenoxy) is 1. The number of nitrogens with zero attached hydrogens (tertiary/aromatic N) is 2. The van der Waals surface area contributed by atoms with Crippen molar-refractivity contribution in [1.82, 2.24) is 9.47 Å². The van der Waals surface area contributed by atoms with E-state index in [4.69, 9.17) is 4.74 Å². The first-order chi connectivity index (χ1) is 9.25. The summed E-state index contributed by atoms with van der Waals surface area (Å²) in [4.78, 5) is 14.3. The van der Waals surface area contributed by atoms with Crippen molar-refractivity contribution in [3.8, 4) is 0 Å². The average Bonchev–Trinajstić information content (AvgIpc) is 2.85. The van der Waals surface area contributed by atoms with Crippen LogP contribution in [0.5, 0.6) is 0 Å². The minimum Gasteiger partial charge on any atom is -0.379 e. The Morgan fingerprint density at radius 2 is 2.11 bits per heavy atom. The second kappa shape index (κ2) is 5.47. The molecule has 1 aromatic rings. The molecule has 0 amide bonds. The zero-order valence-corrected chi connectivity index (χ0v) is 11.6. The fourth-order valence-corrected chi connectivity index (χ4v) is 3.21. The van der Waals surface area contributed by atoms with Gasteiger partial charge in [-0.05, 0) is 25.8 Å². The standard InChI is InChI=1S/C15H22N2O2/c1-12(11-16-7-9-19-10-8-16)17-6-5-13-14(17)3-2-4-15(13)18/h5-6,12H,2-4,7-11H2,1H3. The lowest BCUT2D eigenvalue weighted by atomic mass is 9.96. The molecular formula is C15H22N2O2. The fraction of sp³-hybridized carbons (Fsp3) is 0.667. The quantitative estimate of drug-likeness (QED) is 0.834. The minimum absolute atomic E-state index is 0.318. The van der Waals surface area contributed by atoms with Crippen molar-refractivity contribution in [2.24, 2.45) is 0 Å². The summed E-state index contributed by atoms with van der Waals surface area (Å²) in [6, 6.07) is 2.43. The molecule has 0 saturated carbocycles. The number of carbonyl (C=O) groups is 1. The van der Waals surface area contributed by atoms with Crippen LogP contribution in [-0.4, -0.2) is 48.1 Å². The molecule has 1 saturated heterocycles. The van der Waals surface area contributed by atoms with Gasteiger partial charge in [-0.15, -0.1) is 0 Å². The van der Waals surface area contributed by atoms with E-state index in [-0.39, 0.29) is 0 Å². The predicted molar refractivity (Wildman–Crippen MR) is 73.7 cm³/mol. The Balaban J connectivity index is 1.72. The molecule has 0 spiro atoms. The summed E-state index contributed by atoms with van der Waals surface area (Å²) >= 11 is 0. The van der Waals surface area contributed by atoms with Crippen LogP contribution in [0.15, 0.2) is 12.3 Å². The van der Waals surface area contributed by atoms with E-state index in [1.807, 2.05) is 6.07 Å². The Morgan fingerprint density at radius 3 is 2.89 bits per heavy atom. The van der Waals surface area contributed by atoms with Crippen molar-refractivity contribution in [3.05, 3.63) is 23.5 Å². The maximum Gasteiger partial charge on any atom is 0.164 e. The van der Waals surface area contributed by atoms with Gasteiger partial charge >= 0.3 is 0 Å². The fourth-order valence-electron chi connectivity index (χ4n) is 3.21. The van der Waals surface area contributed by atoms with E-state index >= 15 is 0 Å². The van der Waals surface area contributed by atoms with Crippen molar-refractivity contribution >= 4 is 5.78 Å². The summed E-state index contributed by atoms with van der Waals surface area (Å²) < 4.78 is 7.69. The van der Waals surface area contributed by atoms with Crippen molar-refractivity contribution < 1.29 is 9.53 Å². The summed E-state index contributed by atoms with van der Waals surface area (Å²) in [5.74, 6) is 0.318. The van der Waals surface area contributed by atoms with E-state index in [1.54, 1.807) is 0 Å². The number of aromatic nitrogens is 1. The highest BCUT2D eigenvalue weighted by Gasteiger charge is 2.23. The first kappa shape index (κ1) is 12.9. The van der Waals surface area contributed by atoms with Crippen LogP contribution in [-0.2, 0) is 11.2 Å². The van der Waals surface area contributed by atoms with Gasteiger partial charge in [-0.1, -0.05) is 0 Å². The van der Waals surface area contributed by atoms with Gasteiger partial charge in [0.15, 0.2) is 5.78 Å². The van der Waals surface area contributed by atoms with Crippen LogP contribution in [0.2, 0.25) is 0 Å². The molecule has 1 aliphatic carbocycles. The molecule has 104 valence electrons. The lowest BCUT2D eigenvalue weighted by molar-refractivity contribution is 0.0324. The number of Topliss-reactive ketones (excluding diaryl/α,β-unsaturated/α-hetero) is 1. The summed E-state index contributed by atoms with van der Waals surface area (Å²) in [6.45, 7) is 7.01. The van der Waals surface area contributed by atoms with Gasteiger partial charge in [0.25, 0.3) is 0 Å². The summed E-state index contributed by atoms with van der Waals surface area (Å²) in [5, 5.41) is 0. The maximum absolute atomic E-state index is 11.9. The number of ketones is 1. The normalized spacial score (nSPS) is 22.3. The maximum atomic E-state index is 11.9. The minimum atomic E-state index is 0.318. The third-order valence-electron chi connectivity index (χ3n) is 4.24. The molecule has 0 N–H and O–H groups in total. The van der Waals surface area contributed by atoms with Crippen LogP contribution in [0.1, 0.15) is 41.9 Å². The van der Waals surface area contributed by atoms with E-state index < -0.39 is 0 Å². The van der Waals surface area contributed by atoms with E-state index in [0.717, 1.165) is 57.7 Å². The van der Waals surface area contributed by atoms with E-state index in [2.05, 4.69) is 22.6 Å². The molecule has 1 fully saturated rings. The van der Waals surface area contributed by atoms with E-state index in [1.165, 1.54) is 5.69 Å². The molecule has 1 atom stereocenters. The van der Waals surface area contributed by atoms with Gasteiger partial charge in [0.05, 0.1) is 13.2 Å². The number of morpholine rings is 1. The van der Waals surface area contributed by atoms with Crippen molar-refractivity contribution in [1.29, 1.82) is 0 Å². The average molecular weight is 262 g/mol. The number of hydrogen-bond donors (Lipinski definition) is 0. The van der Waals surface area contributed by atoms with Gasteiger partial charge in [0, 0.05) is 49.6 Å². The van der Waals surface area contributed by atoms with Crippen LogP contribution in [0.4, 0.5) is 0 Å². The Bertz CT molecular complexity index is 461. The lowest BCUT2D eigenvalue weighted by Crippen LogP contribution is -2.39. The molecule has 19 heavy (non-hydrogen) atoms. The number of fused-ring (bicyclic) bond motifs is 1. The van der Waals surface area contributed by atoms with E-state index in [0.29, 0.717) is 11.8 Å². The third kappa shape index (κ3) is 2.60. The van der Waals surface area contributed by atoms with Crippen molar-refractivity contribution in [2.45, 2.75) is 32.2 Å². The Kier molecular flexibility index (Phi) is 3.71. The van der Waals surface area contributed by atoms with Gasteiger partial charge in [-0.25, -0.2) is 0 Å². The van der Waals surface area contributed by atoms with Gasteiger partial charge in [0.1, 0.15) is 0 Å². The Morgan fingerprint density at radius 1 is 1.32 bits per heavy atom. The number of carbonyl (C=O) groups excluding carboxylic acids is 1. The molecule has 1 unspecified atom stereocenters. The zero-order valence-electron chi connectivity index (χ0n) is 11.6. The highest BCUT2D eigenvalue weighted by Crippen LogP contribution is 2.25. The molecule has 0 bridgehead atoms. The molecule has 4 nitrogen and oxygen atoms in total. The largest absolute Gasteiger partial charge is 0.379 e. The smallest absolute Gasteiger partial charge is 0.164 e. The second-order valence-corrected chi connectivity index (χ2v) is 5.62. The Hall–Kier alpha value is -1.13. The molecule has 1 aliphatic heterocycles. The van der Waals surface area contributed by atoms with E-state index in [9.17, 15) is 4.79 Å². The molecule has 0 radical (unpaired) electrons. The molecule has 2 heterocycles. The Labute approximate surface area is 114 Å². The topological polar surface area (TPSA) is 34.5 Å². The first-order valence-electron chi connectivity index (χ1n) is 7.28. The lowest BCUT2D eigenvalue weighted by Gasteiger charge is -2.30.